The van der Waals surface area contributed by atoms with Crippen molar-refractivity contribution in [1.82, 2.24) is 0 Å². The minimum Gasteiger partial charge on any atom is -0.477 e. The number of likely N-dealkylation sites (N-methyl/N-ethyl adjacent to an activating group) is 1. The molecule has 0 aliphatic rings. The molecular formula is C43H82NO7+. The summed E-state index contributed by atoms with van der Waals surface area (Å²) in [6.45, 7) is 4.72. The summed E-state index contributed by atoms with van der Waals surface area (Å²) in [5.74, 6) is -1.47. The zero-order chi connectivity index (χ0) is 37.8. The molecule has 300 valence electrons. The Morgan fingerprint density at radius 2 is 0.980 bits per heavy atom. The van der Waals surface area contributed by atoms with E-state index in [1.807, 2.05) is 21.1 Å². The first-order chi connectivity index (χ1) is 24.6. The number of carbonyl (C=O) groups is 3. The van der Waals surface area contributed by atoms with Gasteiger partial charge in [-0.3, -0.25) is 9.59 Å². The third-order valence-electron chi connectivity index (χ3n) is 9.66. The highest BCUT2D eigenvalue weighted by molar-refractivity contribution is 5.72. The van der Waals surface area contributed by atoms with Crippen LogP contribution in [0.1, 0.15) is 194 Å². The number of rotatable bonds is 38. The van der Waals surface area contributed by atoms with Crippen molar-refractivity contribution in [2.45, 2.75) is 206 Å². The quantitative estimate of drug-likeness (QED) is 0.0293. The molecule has 0 aromatic carbocycles. The second-order valence-corrected chi connectivity index (χ2v) is 15.6. The van der Waals surface area contributed by atoms with E-state index in [0.29, 0.717) is 19.3 Å². The van der Waals surface area contributed by atoms with Gasteiger partial charge in [0.15, 0.2) is 12.1 Å². The maximum atomic E-state index is 12.7. The lowest BCUT2D eigenvalue weighted by atomic mass is 10.1. The Bertz CT molecular complexity index is 854. The summed E-state index contributed by atoms with van der Waals surface area (Å²) in [6, 6.07) is -0.610. The Hall–Kier alpha value is -1.93. The molecule has 0 spiro atoms. The minimum absolute atomic E-state index is 0.0493. The topological polar surface area (TPSA) is 99.1 Å². The van der Waals surface area contributed by atoms with E-state index in [9.17, 15) is 19.5 Å². The fraction of sp³-hybridized carbons (Fsp3) is 0.884. The van der Waals surface area contributed by atoms with Crippen molar-refractivity contribution in [2.24, 2.45) is 0 Å². The molecular weight excluding hydrogens is 642 g/mol. The molecule has 0 saturated heterocycles. The molecule has 0 aliphatic carbocycles. The van der Waals surface area contributed by atoms with Crippen LogP contribution in [0.5, 0.6) is 0 Å². The zero-order valence-electron chi connectivity index (χ0n) is 34.1. The van der Waals surface area contributed by atoms with Gasteiger partial charge in [-0.2, -0.15) is 0 Å². The van der Waals surface area contributed by atoms with Gasteiger partial charge in [-0.1, -0.05) is 148 Å². The first-order valence-electron chi connectivity index (χ1n) is 21.2. The van der Waals surface area contributed by atoms with Gasteiger partial charge in [-0.25, -0.2) is 4.79 Å². The largest absolute Gasteiger partial charge is 0.477 e. The summed E-state index contributed by atoms with van der Waals surface area (Å²) in [7, 11) is 5.52. The number of carboxylic acids is 1. The number of aliphatic carboxylic acids is 1. The van der Waals surface area contributed by atoms with Crippen LogP contribution >= 0.6 is 0 Å². The fourth-order valence-electron chi connectivity index (χ4n) is 6.32. The molecule has 0 fully saturated rings. The number of allylic oxidation sites excluding steroid dienone is 2. The van der Waals surface area contributed by atoms with E-state index in [2.05, 4.69) is 26.0 Å². The number of carboxylic acid groups (broad SMARTS) is 1. The van der Waals surface area contributed by atoms with Gasteiger partial charge < -0.3 is 23.8 Å². The third kappa shape index (κ3) is 33.6. The molecule has 8 nitrogen and oxygen atoms in total. The van der Waals surface area contributed by atoms with Gasteiger partial charge in [-0.05, 0) is 38.5 Å². The molecule has 0 aromatic heterocycles. The Balaban J connectivity index is 4.31. The van der Waals surface area contributed by atoms with Crippen molar-refractivity contribution >= 4 is 17.9 Å². The van der Waals surface area contributed by atoms with Gasteiger partial charge >= 0.3 is 17.9 Å². The number of carbonyl (C=O) groups excluding carboxylic acids is 2. The summed E-state index contributed by atoms with van der Waals surface area (Å²) in [5.41, 5.74) is 0. The van der Waals surface area contributed by atoms with Crippen LogP contribution < -0.4 is 0 Å². The lowest BCUT2D eigenvalue weighted by molar-refractivity contribution is -0.887. The van der Waals surface area contributed by atoms with Crippen molar-refractivity contribution < 1.29 is 38.2 Å². The molecule has 2 atom stereocenters. The van der Waals surface area contributed by atoms with Gasteiger partial charge in [0, 0.05) is 19.3 Å². The van der Waals surface area contributed by atoms with Crippen molar-refractivity contribution in [3.8, 4) is 0 Å². The average Bonchev–Trinajstić information content (AvgIpc) is 3.08. The van der Waals surface area contributed by atoms with Crippen LogP contribution in [0.15, 0.2) is 12.2 Å². The molecule has 2 unspecified atom stereocenters. The van der Waals surface area contributed by atoms with Crippen LogP contribution in [-0.4, -0.2) is 80.6 Å². The van der Waals surface area contributed by atoms with Crippen molar-refractivity contribution in [3.05, 3.63) is 12.2 Å². The van der Waals surface area contributed by atoms with Gasteiger partial charge in [0.1, 0.15) is 6.61 Å². The number of nitrogens with zero attached hydrogens (tertiary/aromatic N) is 1. The van der Waals surface area contributed by atoms with Gasteiger partial charge in [0.25, 0.3) is 0 Å². The van der Waals surface area contributed by atoms with Crippen molar-refractivity contribution in [2.75, 3.05) is 41.0 Å². The fourth-order valence-corrected chi connectivity index (χ4v) is 6.32. The monoisotopic (exact) mass is 725 g/mol. The van der Waals surface area contributed by atoms with E-state index in [0.717, 1.165) is 51.4 Å². The normalized spacial score (nSPS) is 13.0. The lowest BCUT2D eigenvalue weighted by Crippen LogP contribution is -2.50. The van der Waals surface area contributed by atoms with E-state index in [1.165, 1.54) is 109 Å². The van der Waals surface area contributed by atoms with E-state index in [4.69, 9.17) is 14.2 Å². The SMILES string of the molecule is CCCCCCCCCCC/C=C/CCCCCCCC(=O)OC(COCCC(C(=O)O)[N+](C)(C)C)COC(=O)CCCCCCCCCCC. The predicted molar refractivity (Wildman–Crippen MR) is 211 cm³/mol. The molecule has 51 heavy (non-hydrogen) atoms. The maximum absolute atomic E-state index is 12.7. The van der Waals surface area contributed by atoms with E-state index >= 15 is 0 Å². The molecule has 0 rings (SSSR count). The lowest BCUT2D eigenvalue weighted by Gasteiger charge is -2.31. The summed E-state index contributed by atoms with van der Waals surface area (Å²) < 4.78 is 17.2. The molecule has 0 amide bonds. The Morgan fingerprint density at radius 3 is 1.41 bits per heavy atom. The molecule has 0 radical (unpaired) electrons. The van der Waals surface area contributed by atoms with Gasteiger partial charge in [-0.15, -0.1) is 0 Å². The van der Waals surface area contributed by atoms with Crippen LogP contribution in [0.3, 0.4) is 0 Å². The second-order valence-electron chi connectivity index (χ2n) is 15.6. The molecule has 1 N–H and O–H groups in total. The summed E-state index contributed by atoms with van der Waals surface area (Å²) >= 11 is 0. The standard InChI is InChI=1S/C43H81NO7/c1-6-8-10-12-14-16-17-18-19-20-21-22-23-24-26-28-30-32-34-42(46)51-39(37-49-36-35-40(43(47)48)44(3,4)5)38-50-41(45)33-31-29-27-25-15-13-11-9-7-2/h21-22,39-40H,6-20,23-38H2,1-5H3/p+1/b22-21+. The number of esters is 2. The smallest absolute Gasteiger partial charge is 0.362 e. The molecule has 0 bridgehead atoms. The number of hydrogen-bond acceptors (Lipinski definition) is 6. The number of quaternary nitrogens is 1. The number of hydrogen-bond donors (Lipinski definition) is 1. The molecule has 0 aromatic rings. The summed E-state index contributed by atoms with van der Waals surface area (Å²) in [6.07, 6.45) is 35.4. The average molecular weight is 725 g/mol. The Labute approximate surface area is 314 Å². The van der Waals surface area contributed by atoms with E-state index < -0.39 is 18.1 Å². The number of unbranched alkanes of at least 4 members (excludes halogenated alkanes) is 22. The van der Waals surface area contributed by atoms with E-state index in [-0.39, 0.29) is 36.2 Å². The molecule has 0 heterocycles. The number of ether oxygens (including phenoxy) is 3. The molecule has 8 heteroatoms. The third-order valence-corrected chi connectivity index (χ3v) is 9.66. The van der Waals surface area contributed by atoms with E-state index in [1.54, 1.807) is 0 Å². The van der Waals surface area contributed by atoms with Crippen LogP contribution in [0.25, 0.3) is 0 Å². The highest BCUT2D eigenvalue weighted by Gasteiger charge is 2.31. The zero-order valence-corrected chi connectivity index (χ0v) is 34.1. The first-order valence-corrected chi connectivity index (χ1v) is 21.2. The van der Waals surface area contributed by atoms with Crippen LogP contribution in [0, 0.1) is 0 Å². The Morgan fingerprint density at radius 1 is 0.569 bits per heavy atom. The first kappa shape index (κ1) is 49.1. The van der Waals surface area contributed by atoms with Crippen molar-refractivity contribution in [3.63, 3.8) is 0 Å². The Kier molecular flexibility index (Phi) is 33.8. The molecule has 0 saturated carbocycles. The second kappa shape index (κ2) is 35.1. The summed E-state index contributed by atoms with van der Waals surface area (Å²) in [5, 5.41) is 9.59. The van der Waals surface area contributed by atoms with Crippen LogP contribution in [-0.2, 0) is 28.6 Å². The minimum atomic E-state index is -0.875. The maximum Gasteiger partial charge on any atom is 0.362 e. The van der Waals surface area contributed by atoms with Gasteiger partial charge in [0.2, 0.25) is 0 Å². The predicted octanol–water partition coefficient (Wildman–Crippen LogP) is 11.1. The van der Waals surface area contributed by atoms with Gasteiger partial charge in [0.05, 0.1) is 34.4 Å². The highest BCUT2D eigenvalue weighted by atomic mass is 16.6. The molecule has 0 aliphatic heterocycles. The van der Waals surface area contributed by atoms with Crippen LogP contribution in [0.2, 0.25) is 0 Å². The summed E-state index contributed by atoms with van der Waals surface area (Å²) in [4.78, 5) is 36.8. The van der Waals surface area contributed by atoms with Crippen molar-refractivity contribution in [1.29, 1.82) is 0 Å². The highest BCUT2D eigenvalue weighted by Crippen LogP contribution is 2.14. The van der Waals surface area contributed by atoms with Crippen LogP contribution in [0.4, 0.5) is 0 Å².